The summed E-state index contributed by atoms with van der Waals surface area (Å²) in [5.74, 6) is 0.149. The number of hydrogen-bond donors (Lipinski definition) is 1. The molecule has 124 valence electrons. The van der Waals surface area contributed by atoms with E-state index in [1.165, 1.54) is 10.5 Å². The van der Waals surface area contributed by atoms with E-state index in [4.69, 9.17) is 0 Å². The predicted octanol–water partition coefficient (Wildman–Crippen LogP) is 4.59. The Kier molecular flexibility index (Phi) is 5.07. The summed E-state index contributed by atoms with van der Waals surface area (Å²) < 4.78 is 0. The molecule has 0 fully saturated rings. The first kappa shape index (κ1) is 16.8. The Morgan fingerprint density at radius 1 is 1.17 bits per heavy atom. The number of carbonyl (C=O) groups excluding carboxylic acids is 1. The first-order chi connectivity index (χ1) is 11.6. The van der Waals surface area contributed by atoms with Gasteiger partial charge in [0.25, 0.3) is 0 Å². The molecule has 4 heteroatoms. The Balaban J connectivity index is 1.74. The number of aromatic amines is 1. The van der Waals surface area contributed by atoms with Crippen molar-refractivity contribution in [2.45, 2.75) is 24.4 Å². The van der Waals surface area contributed by atoms with Gasteiger partial charge in [0.05, 0.1) is 6.04 Å². The predicted molar refractivity (Wildman–Crippen MR) is 102 cm³/mol. The highest BCUT2D eigenvalue weighted by Crippen LogP contribution is 2.21. The Morgan fingerprint density at radius 3 is 2.58 bits per heavy atom. The van der Waals surface area contributed by atoms with Crippen LogP contribution in [-0.2, 0) is 6.54 Å². The van der Waals surface area contributed by atoms with Gasteiger partial charge in [0.2, 0.25) is 0 Å². The molecular formula is C20H22N2OS. The van der Waals surface area contributed by atoms with Gasteiger partial charge in [-0.05, 0) is 44.0 Å². The van der Waals surface area contributed by atoms with Gasteiger partial charge in [0.15, 0.2) is 5.78 Å². The number of thioether (sulfide) groups is 1. The minimum Gasteiger partial charge on any atom is -0.360 e. The van der Waals surface area contributed by atoms with Crippen molar-refractivity contribution in [3.63, 3.8) is 0 Å². The zero-order chi connectivity index (χ0) is 17.1. The lowest BCUT2D eigenvalue weighted by Crippen LogP contribution is -2.35. The van der Waals surface area contributed by atoms with Gasteiger partial charge in [0, 0.05) is 34.1 Å². The summed E-state index contributed by atoms with van der Waals surface area (Å²) in [5.41, 5.74) is 2.99. The fourth-order valence-corrected chi connectivity index (χ4v) is 3.26. The zero-order valence-electron chi connectivity index (χ0n) is 14.2. The van der Waals surface area contributed by atoms with E-state index >= 15 is 0 Å². The van der Waals surface area contributed by atoms with E-state index in [1.807, 2.05) is 44.4 Å². The minimum atomic E-state index is -0.176. The van der Waals surface area contributed by atoms with Gasteiger partial charge >= 0.3 is 0 Å². The van der Waals surface area contributed by atoms with Gasteiger partial charge < -0.3 is 4.98 Å². The number of fused-ring (bicyclic) bond motifs is 1. The summed E-state index contributed by atoms with van der Waals surface area (Å²) in [4.78, 5) is 19.4. The van der Waals surface area contributed by atoms with Gasteiger partial charge in [-0.3, -0.25) is 9.69 Å². The number of hydrogen-bond acceptors (Lipinski definition) is 3. The lowest BCUT2D eigenvalue weighted by Gasteiger charge is -2.23. The van der Waals surface area contributed by atoms with E-state index in [0.29, 0.717) is 0 Å². The molecule has 0 saturated carbocycles. The quantitative estimate of drug-likeness (QED) is 0.527. The van der Waals surface area contributed by atoms with E-state index in [9.17, 15) is 4.79 Å². The summed E-state index contributed by atoms with van der Waals surface area (Å²) >= 11 is 1.74. The van der Waals surface area contributed by atoms with Gasteiger partial charge in [-0.1, -0.05) is 30.3 Å². The van der Waals surface area contributed by atoms with Crippen molar-refractivity contribution < 1.29 is 4.79 Å². The van der Waals surface area contributed by atoms with Crippen LogP contribution in [0.4, 0.5) is 0 Å². The van der Waals surface area contributed by atoms with Crippen LogP contribution >= 0.6 is 11.8 Å². The molecular weight excluding hydrogens is 316 g/mol. The average molecular weight is 338 g/mol. The van der Waals surface area contributed by atoms with Crippen LogP contribution in [0.1, 0.15) is 22.8 Å². The number of Topliss-reactive ketones (excluding diaryl/α,β-unsaturated/α-hetero) is 1. The van der Waals surface area contributed by atoms with Crippen LogP contribution in [0.2, 0.25) is 0 Å². The number of carbonyl (C=O) groups is 1. The van der Waals surface area contributed by atoms with Crippen LogP contribution < -0.4 is 0 Å². The third-order valence-electron chi connectivity index (χ3n) is 4.49. The lowest BCUT2D eigenvalue weighted by atomic mass is 10.0. The van der Waals surface area contributed by atoms with Crippen molar-refractivity contribution in [3.05, 3.63) is 65.9 Å². The molecule has 3 nitrogen and oxygen atoms in total. The van der Waals surface area contributed by atoms with Crippen molar-refractivity contribution in [2.24, 2.45) is 0 Å². The molecule has 1 atom stereocenters. The third kappa shape index (κ3) is 3.40. The van der Waals surface area contributed by atoms with Crippen molar-refractivity contribution in [1.29, 1.82) is 0 Å². The second-order valence-electron chi connectivity index (χ2n) is 6.05. The maximum Gasteiger partial charge on any atom is 0.181 e. The largest absolute Gasteiger partial charge is 0.360 e. The number of benzene rings is 2. The Labute approximate surface area is 147 Å². The molecule has 0 saturated heterocycles. The molecule has 0 radical (unpaired) electrons. The second kappa shape index (κ2) is 7.24. The van der Waals surface area contributed by atoms with Crippen molar-refractivity contribution in [1.82, 2.24) is 9.88 Å². The number of nitrogens with zero attached hydrogens (tertiary/aromatic N) is 1. The molecule has 24 heavy (non-hydrogen) atoms. The Morgan fingerprint density at radius 2 is 1.88 bits per heavy atom. The van der Waals surface area contributed by atoms with Crippen molar-refractivity contribution in [2.75, 3.05) is 13.3 Å². The van der Waals surface area contributed by atoms with Crippen LogP contribution in [0.15, 0.2) is 59.6 Å². The molecule has 0 amide bonds. The van der Waals surface area contributed by atoms with Gasteiger partial charge in [-0.25, -0.2) is 0 Å². The van der Waals surface area contributed by atoms with Crippen LogP contribution in [-0.4, -0.2) is 35.0 Å². The van der Waals surface area contributed by atoms with Gasteiger partial charge in [-0.2, -0.15) is 0 Å². The maximum atomic E-state index is 12.9. The first-order valence-electron chi connectivity index (χ1n) is 8.03. The number of ketones is 1. The molecule has 0 aliphatic heterocycles. The number of H-pyrrole nitrogens is 1. The SMILES string of the molecule is CSc1ccc(CN(C)[C@@H](C)C(=O)c2c[nH]c3ccccc23)cc1. The number of aromatic nitrogens is 1. The number of rotatable bonds is 6. The molecule has 0 bridgehead atoms. The summed E-state index contributed by atoms with van der Waals surface area (Å²) in [6, 6.07) is 16.3. The highest BCUT2D eigenvalue weighted by molar-refractivity contribution is 7.98. The van der Waals surface area contributed by atoms with Gasteiger partial charge in [0.1, 0.15) is 0 Å². The Hall–Kier alpha value is -2.04. The first-order valence-corrected chi connectivity index (χ1v) is 9.26. The molecule has 0 unspecified atom stereocenters. The van der Waals surface area contributed by atoms with Crippen LogP contribution in [0.5, 0.6) is 0 Å². The average Bonchev–Trinajstić information content (AvgIpc) is 3.05. The summed E-state index contributed by atoms with van der Waals surface area (Å²) in [6.07, 6.45) is 3.90. The highest BCUT2D eigenvalue weighted by atomic mass is 32.2. The molecule has 1 aromatic heterocycles. The standard InChI is InChI=1S/C20H22N2OS/c1-14(22(2)13-15-8-10-16(24-3)11-9-15)20(23)18-12-21-19-7-5-4-6-17(18)19/h4-12,14,21H,13H2,1-3H3/t14-/m0/s1. The van der Waals surface area contributed by atoms with E-state index in [2.05, 4.69) is 40.4 Å². The maximum absolute atomic E-state index is 12.9. The van der Waals surface area contributed by atoms with Crippen molar-refractivity contribution in [3.8, 4) is 0 Å². The molecule has 1 heterocycles. The Bertz CT molecular complexity index is 838. The fraction of sp³-hybridized carbons (Fsp3) is 0.250. The number of likely N-dealkylation sites (N-methyl/N-ethyl adjacent to an activating group) is 1. The highest BCUT2D eigenvalue weighted by Gasteiger charge is 2.22. The molecule has 3 rings (SSSR count). The van der Waals surface area contributed by atoms with E-state index in [1.54, 1.807) is 11.8 Å². The van der Waals surface area contributed by atoms with Crippen LogP contribution in [0.3, 0.4) is 0 Å². The molecule has 0 aliphatic carbocycles. The van der Waals surface area contributed by atoms with E-state index in [-0.39, 0.29) is 11.8 Å². The minimum absolute atomic E-state index is 0.149. The number of nitrogens with one attached hydrogen (secondary N) is 1. The summed E-state index contributed by atoms with van der Waals surface area (Å²) in [6.45, 7) is 2.73. The van der Waals surface area contributed by atoms with Gasteiger partial charge in [-0.15, -0.1) is 11.8 Å². The molecule has 3 aromatic rings. The van der Waals surface area contributed by atoms with Crippen LogP contribution in [0, 0.1) is 0 Å². The normalized spacial score (nSPS) is 12.7. The fourth-order valence-electron chi connectivity index (χ4n) is 2.86. The van der Waals surface area contributed by atoms with Crippen LogP contribution in [0.25, 0.3) is 10.9 Å². The molecule has 0 aliphatic rings. The summed E-state index contributed by atoms with van der Waals surface area (Å²) in [5, 5.41) is 0.993. The zero-order valence-corrected chi connectivity index (χ0v) is 15.1. The second-order valence-corrected chi connectivity index (χ2v) is 6.93. The van der Waals surface area contributed by atoms with E-state index < -0.39 is 0 Å². The topological polar surface area (TPSA) is 36.1 Å². The molecule has 0 spiro atoms. The van der Waals surface area contributed by atoms with Crippen molar-refractivity contribution >= 4 is 28.4 Å². The monoisotopic (exact) mass is 338 g/mol. The number of para-hydroxylation sites is 1. The van der Waals surface area contributed by atoms with E-state index in [0.717, 1.165) is 23.0 Å². The molecule has 1 N–H and O–H groups in total. The summed E-state index contributed by atoms with van der Waals surface area (Å²) in [7, 11) is 2.00. The smallest absolute Gasteiger partial charge is 0.181 e. The lowest BCUT2D eigenvalue weighted by molar-refractivity contribution is 0.0864. The molecule has 2 aromatic carbocycles. The third-order valence-corrected chi connectivity index (χ3v) is 5.23.